The number of hydrogen-bond acceptors (Lipinski definition) is 5. The van der Waals surface area contributed by atoms with E-state index in [0.717, 1.165) is 29.7 Å². The molecule has 16 heavy (non-hydrogen) atoms. The van der Waals surface area contributed by atoms with Crippen molar-refractivity contribution in [2.24, 2.45) is 0 Å². The zero-order chi connectivity index (χ0) is 12.2. The van der Waals surface area contributed by atoms with Gasteiger partial charge in [0.05, 0.1) is 7.11 Å². The van der Waals surface area contributed by atoms with E-state index in [0.29, 0.717) is 0 Å². The Labute approximate surface area is 97.6 Å². The largest absolute Gasteiger partial charge is 0.452 e. The van der Waals surface area contributed by atoms with Crippen molar-refractivity contribution in [1.82, 2.24) is 10.3 Å². The summed E-state index contributed by atoms with van der Waals surface area (Å²) in [6, 6.07) is 3.22. The van der Waals surface area contributed by atoms with Crippen LogP contribution in [0.5, 0.6) is 0 Å². The van der Waals surface area contributed by atoms with Crippen LogP contribution in [-0.2, 0) is 21.2 Å². The average Bonchev–Trinajstić information content (AvgIpc) is 2.75. The predicted molar refractivity (Wildman–Crippen MR) is 59.6 cm³/mol. The minimum absolute atomic E-state index is 0.153. The Balaban J connectivity index is 2.74. The van der Waals surface area contributed by atoms with E-state index in [4.69, 9.17) is 0 Å². The van der Waals surface area contributed by atoms with Crippen molar-refractivity contribution in [2.75, 3.05) is 7.11 Å². The van der Waals surface area contributed by atoms with Crippen molar-refractivity contribution >= 4 is 27.5 Å². The quantitative estimate of drug-likeness (QED) is 0.790. The van der Waals surface area contributed by atoms with Crippen LogP contribution < -0.4 is 10.3 Å². The second-order valence-corrected chi connectivity index (χ2v) is 5.87. The lowest BCUT2D eigenvalue weighted by Gasteiger charge is -2.04. The smallest absolute Gasteiger partial charge is 0.422 e. The third-order valence-corrected chi connectivity index (χ3v) is 4.69. The van der Waals surface area contributed by atoms with E-state index in [-0.39, 0.29) is 4.21 Å². The Morgan fingerprint density at radius 3 is 2.69 bits per heavy atom. The first-order valence-electron chi connectivity index (χ1n) is 4.44. The van der Waals surface area contributed by atoms with Crippen molar-refractivity contribution in [3.05, 3.63) is 17.0 Å². The summed E-state index contributed by atoms with van der Waals surface area (Å²) in [6.07, 6.45) is -0.0965. The van der Waals surface area contributed by atoms with Crippen molar-refractivity contribution in [2.45, 2.75) is 17.6 Å². The van der Waals surface area contributed by atoms with Crippen molar-refractivity contribution < 1.29 is 17.9 Å². The standard InChI is InChI=1S/C8H12N2O4S2/c1-3-6-4-5-7(15-6)16(12,13)10-9-8(11)14-2/h4-5,10H,3H2,1-2H3,(H,9,11). The third-order valence-electron chi connectivity index (χ3n) is 1.72. The lowest BCUT2D eigenvalue weighted by atomic mass is 10.4. The van der Waals surface area contributed by atoms with E-state index in [2.05, 4.69) is 4.74 Å². The molecule has 0 atom stereocenters. The van der Waals surface area contributed by atoms with Crippen LogP contribution in [-0.4, -0.2) is 21.6 Å². The second kappa shape index (κ2) is 5.28. The number of hydrazine groups is 1. The molecule has 1 amide bonds. The highest BCUT2D eigenvalue weighted by molar-refractivity contribution is 7.91. The fourth-order valence-electron chi connectivity index (χ4n) is 0.903. The number of rotatable bonds is 4. The van der Waals surface area contributed by atoms with Gasteiger partial charge in [0.1, 0.15) is 4.21 Å². The molecule has 1 aromatic rings. The average molecular weight is 264 g/mol. The van der Waals surface area contributed by atoms with Gasteiger partial charge >= 0.3 is 6.09 Å². The van der Waals surface area contributed by atoms with Gasteiger partial charge in [0.2, 0.25) is 0 Å². The summed E-state index contributed by atoms with van der Waals surface area (Å²) in [5, 5.41) is 0. The molecule has 0 radical (unpaired) electrons. The minimum atomic E-state index is -3.70. The van der Waals surface area contributed by atoms with Gasteiger partial charge in [0, 0.05) is 4.88 Å². The molecule has 0 fully saturated rings. The molecule has 0 aliphatic rings. The van der Waals surface area contributed by atoms with E-state index < -0.39 is 16.1 Å². The number of carbonyl (C=O) groups excluding carboxylic acids is 1. The van der Waals surface area contributed by atoms with Gasteiger partial charge < -0.3 is 4.74 Å². The molecular formula is C8H12N2O4S2. The SMILES string of the molecule is CCc1ccc(S(=O)(=O)NNC(=O)OC)s1. The van der Waals surface area contributed by atoms with E-state index >= 15 is 0 Å². The number of amides is 1. The topological polar surface area (TPSA) is 84.5 Å². The number of ether oxygens (including phenoxy) is 1. The van der Waals surface area contributed by atoms with E-state index in [9.17, 15) is 13.2 Å². The summed E-state index contributed by atoms with van der Waals surface area (Å²) in [7, 11) is -2.56. The lowest BCUT2D eigenvalue weighted by Crippen LogP contribution is -2.41. The minimum Gasteiger partial charge on any atom is -0.452 e. The van der Waals surface area contributed by atoms with Gasteiger partial charge in [-0.1, -0.05) is 6.92 Å². The number of sulfonamides is 1. The molecule has 1 rings (SSSR count). The number of thiophene rings is 1. The first-order chi connectivity index (χ1) is 7.49. The first-order valence-corrected chi connectivity index (χ1v) is 6.74. The molecule has 0 saturated carbocycles. The highest BCUT2D eigenvalue weighted by Gasteiger charge is 2.17. The van der Waals surface area contributed by atoms with Crippen LogP contribution in [0.1, 0.15) is 11.8 Å². The van der Waals surface area contributed by atoms with Crippen LogP contribution in [0.25, 0.3) is 0 Å². The molecule has 1 aromatic heterocycles. The maximum absolute atomic E-state index is 11.6. The summed E-state index contributed by atoms with van der Waals surface area (Å²) < 4.78 is 27.6. The third kappa shape index (κ3) is 3.19. The van der Waals surface area contributed by atoms with E-state index in [1.54, 1.807) is 6.07 Å². The van der Waals surface area contributed by atoms with Crippen LogP contribution in [0.4, 0.5) is 4.79 Å². The van der Waals surface area contributed by atoms with Gasteiger partial charge in [0.25, 0.3) is 10.0 Å². The maximum Gasteiger partial charge on any atom is 0.422 e. The molecule has 0 aromatic carbocycles. The molecule has 0 unspecified atom stereocenters. The number of hydrogen-bond donors (Lipinski definition) is 2. The maximum atomic E-state index is 11.6. The number of nitrogens with one attached hydrogen (secondary N) is 2. The van der Waals surface area contributed by atoms with Crippen molar-refractivity contribution in [1.29, 1.82) is 0 Å². The molecule has 6 nitrogen and oxygen atoms in total. The van der Waals surface area contributed by atoms with Gasteiger partial charge in [-0.05, 0) is 18.6 Å². The molecule has 1 heterocycles. The Kier molecular flexibility index (Phi) is 4.27. The molecule has 2 N–H and O–H groups in total. The number of methoxy groups -OCH3 is 1. The van der Waals surface area contributed by atoms with E-state index in [1.807, 2.05) is 17.2 Å². The zero-order valence-electron chi connectivity index (χ0n) is 8.81. The highest BCUT2D eigenvalue weighted by atomic mass is 32.2. The first kappa shape index (κ1) is 12.9. The molecule has 0 bridgehead atoms. The monoisotopic (exact) mass is 264 g/mol. The lowest BCUT2D eigenvalue weighted by molar-refractivity contribution is 0.169. The molecule has 90 valence electrons. The summed E-state index contributed by atoms with van der Waals surface area (Å²) >= 11 is 1.16. The fraction of sp³-hybridized carbons (Fsp3) is 0.375. The predicted octanol–water partition coefficient (Wildman–Crippen LogP) is 0.860. The van der Waals surface area contributed by atoms with Crippen LogP contribution in [0.3, 0.4) is 0 Å². The van der Waals surface area contributed by atoms with Gasteiger partial charge in [-0.25, -0.2) is 18.6 Å². The van der Waals surface area contributed by atoms with Gasteiger partial charge in [0.15, 0.2) is 0 Å². The Morgan fingerprint density at radius 2 is 2.19 bits per heavy atom. The van der Waals surface area contributed by atoms with E-state index in [1.165, 1.54) is 6.07 Å². The molecule has 0 spiro atoms. The van der Waals surface area contributed by atoms with Gasteiger partial charge in [-0.15, -0.1) is 16.2 Å². The van der Waals surface area contributed by atoms with Gasteiger partial charge in [-0.2, -0.15) is 0 Å². The molecule has 0 aliphatic carbocycles. The van der Waals surface area contributed by atoms with Crippen LogP contribution >= 0.6 is 11.3 Å². The summed E-state index contributed by atoms with van der Waals surface area (Å²) in [4.78, 5) is 13.6. The van der Waals surface area contributed by atoms with Crippen LogP contribution in [0.2, 0.25) is 0 Å². The number of aryl methyl sites for hydroxylation is 1. The summed E-state index contributed by atoms with van der Waals surface area (Å²) in [5.41, 5.74) is 1.91. The fourth-order valence-corrected chi connectivity index (χ4v) is 3.03. The molecule has 0 aliphatic heterocycles. The molecule has 0 saturated heterocycles. The Morgan fingerprint density at radius 1 is 1.50 bits per heavy atom. The number of carbonyl (C=O) groups is 1. The second-order valence-electron chi connectivity index (χ2n) is 2.80. The van der Waals surface area contributed by atoms with Crippen molar-refractivity contribution in [3.63, 3.8) is 0 Å². The zero-order valence-corrected chi connectivity index (χ0v) is 10.4. The highest BCUT2D eigenvalue weighted by Crippen LogP contribution is 2.21. The summed E-state index contributed by atoms with van der Waals surface area (Å²) in [6.45, 7) is 1.93. The Bertz CT molecular complexity index is 466. The van der Waals surface area contributed by atoms with Crippen LogP contribution in [0, 0.1) is 0 Å². The summed E-state index contributed by atoms with van der Waals surface area (Å²) in [5.74, 6) is 0. The van der Waals surface area contributed by atoms with Crippen LogP contribution in [0.15, 0.2) is 16.3 Å². The van der Waals surface area contributed by atoms with Gasteiger partial charge in [-0.3, -0.25) is 0 Å². The van der Waals surface area contributed by atoms with Crippen molar-refractivity contribution in [3.8, 4) is 0 Å². The normalized spacial score (nSPS) is 11.1. The molecular weight excluding hydrogens is 252 g/mol. The molecule has 8 heteroatoms. The Hall–Kier alpha value is -1.12.